The number of alkyl halides is 1. The minimum Gasteiger partial charge on any atom is -0.490 e. The fraction of sp³-hybridized carbons (Fsp3) is 0.308. The molecule has 3 nitrogen and oxygen atoms in total. The van der Waals surface area contributed by atoms with Crippen molar-refractivity contribution < 1.29 is 14.3 Å². The summed E-state index contributed by atoms with van der Waals surface area (Å²) in [7, 11) is 1.38. The van der Waals surface area contributed by atoms with Crippen LogP contribution in [0.1, 0.15) is 5.56 Å². The van der Waals surface area contributed by atoms with Crippen molar-refractivity contribution in [2.24, 2.45) is 0 Å². The first-order chi connectivity index (χ1) is 8.26. The van der Waals surface area contributed by atoms with E-state index < -0.39 is 0 Å². The summed E-state index contributed by atoms with van der Waals surface area (Å²) in [5.41, 5.74) is 0.917. The molecule has 0 amide bonds. The quantitative estimate of drug-likeness (QED) is 0.460. The largest absolute Gasteiger partial charge is 0.490 e. The zero-order chi connectivity index (χ0) is 12.5. The van der Waals surface area contributed by atoms with E-state index in [-0.39, 0.29) is 5.97 Å². The van der Waals surface area contributed by atoms with Gasteiger partial charge in [-0.05, 0) is 17.7 Å². The maximum Gasteiger partial charge on any atom is 0.309 e. The third kappa shape index (κ3) is 5.54. The molecule has 0 atom stereocenters. The Bertz CT molecular complexity index is 371. The number of hydrogen-bond acceptors (Lipinski definition) is 3. The zero-order valence-electron chi connectivity index (χ0n) is 9.69. The van der Waals surface area contributed by atoms with Gasteiger partial charge in [0, 0.05) is 5.33 Å². The number of esters is 1. The maximum absolute atomic E-state index is 11.0. The van der Waals surface area contributed by atoms with E-state index in [1.54, 1.807) is 0 Å². The fourth-order valence-electron chi connectivity index (χ4n) is 1.22. The monoisotopic (exact) mass is 298 g/mol. The minimum atomic E-state index is -0.237. The van der Waals surface area contributed by atoms with Crippen LogP contribution in [0, 0.1) is 0 Å². The van der Waals surface area contributed by atoms with Gasteiger partial charge in [0.2, 0.25) is 0 Å². The number of rotatable bonds is 6. The van der Waals surface area contributed by atoms with Crippen LogP contribution in [0.15, 0.2) is 36.4 Å². The summed E-state index contributed by atoms with van der Waals surface area (Å²) in [6.45, 7) is 0.544. The molecule has 0 fully saturated rings. The number of methoxy groups -OCH3 is 1. The minimum absolute atomic E-state index is 0.237. The normalized spacial score (nSPS) is 10.5. The van der Waals surface area contributed by atoms with Crippen molar-refractivity contribution in [1.29, 1.82) is 0 Å². The van der Waals surface area contributed by atoms with Crippen molar-refractivity contribution in [2.75, 3.05) is 19.0 Å². The van der Waals surface area contributed by atoms with Gasteiger partial charge in [-0.25, -0.2) is 0 Å². The summed E-state index contributed by atoms with van der Waals surface area (Å²) in [5.74, 6) is 0.553. The smallest absolute Gasteiger partial charge is 0.309 e. The van der Waals surface area contributed by atoms with E-state index >= 15 is 0 Å². The maximum atomic E-state index is 11.0. The number of carbonyl (C=O) groups is 1. The Balaban J connectivity index is 2.44. The Morgan fingerprint density at radius 2 is 2.00 bits per heavy atom. The van der Waals surface area contributed by atoms with E-state index in [1.807, 2.05) is 36.4 Å². The molecule has 1 rings (SSSR count). The van der Waals surface area contributed by atoms with Gasteiger partial charge in [0.1, 0.15) is 12.4 Å². The lowest BCUT2D eigenvalue weighted by Crippen LogP contribution is -2.04. The van der Waals surface area contributed by atoms with Crippen LogP contribution in [0.3, 0.4) is 0 Å². The molecule has 0 saturated heterocycles. The molecular formula is C13H15BrO3. The van der Waals surface area contributed by atoms with Crippen LogP contribution in [-0.2, 0) is 16.0 Å². The van der Waals surface area contributed by atoms with Gasteiger partial charge < -0.3 is 9.47 Å². The number of halogens is 1. The first-order valence-corrected chi connectivity index (χ1v) is 6.38. The fourth-order valence-corrected chi connectivity index (χ4v) is 1.48. The predicted octanol–water partition coefficient (Wildman–Crippen LogP) is 2.73. The summed E-state index contributed by atoms with van der Waals surface area (Å²) in [6, 6.07) is 7.42. The van der Waals surface area contributed by atoms with Crippen LogP contribution in [0.5, 0.6) is 5.75 Å². The molecule has 0 radical (unpaired) electrons. The molecule has 0 aromatic heterocycles. The average Bonchev–Trinajstić information content (AvgIpc) is 2.36. The van der Waals surface area contributed by atoms with Crippen molar-refractivity contribution in [2.45, 2.75) is 6.42 Å². The van der Waals surface area contributed by atoms with Crippen LogP contribution in [0.2, 0.25) is 0 Å². The molecule has 0 bridgehead atoms. The van der Waals surface area contributed by atoms with Gasteiger partial charge in [-0.3, -0.25) is 4.79 Å². The lowest BCUT2D eigenvalue weighted by Gasteiger charge is -2.04. The highest BCUT2D eigenvalue weighted by Crippen LogP contribution is 2.12. The SMILES string of the molecule is COC(=O)Cc1ccc(OC/C=C/CBr)cc1. The second kappa shape index (κ2) is 7.90. The predicted molar refractivity (Wildman–Crippen MR) is 70.6 cm³/mol. The summed E-state index contributed by atoms with van der Waals surface area (Å²) >= 11 is 3.29. The summed E-state index contributed by atoms with van der Waals surface area (Å²) in [5, 5.41) is 0.828. The summed E-state index contributed by atoms with van der Waals surface area (Å²) < 4.78 is 10.1. The van der Waals surface area contributed by atoms with Crippen LogP contribution in [-0.4, -0.2) is 25.0 Å². The number of benzene rings is 1. The standard InChI is InChI=1S/C13H15BrO3/c1-16-13(15)10-11-4-6-12(7-5-11)17-9-3-2-8-14/h2-7H,8-10H2,1H3/b3-2+. The van der Waals surface area contributed by atoms with Crippen molar-refractivity contribution in [3.63, 3.8) is 0 Å². The van der Waals surface area contributed by atoms with Crippen LogP contribution < -0.4 is 4.74 Å². The molecule has 0 aliphatic rings. The third-order valence-corrected chi connectivity index (χ3v) is 2.48. The molecule has 0 saturated carbocycles. The first kappa shape index (κ1) is 13.8. The summed E-state index contributed by atoms with van der Waals surface area (Å²) in [6.07, 6.45) is 4.21. The Morgan fingerprint density at radius 1 is 1.29 bits per heavy atom. The molecular weight excluding hydrogens is 284 g/mol. The van der Waals surface area contributed by atoms with E-state index in [9.17, 15) is 4.79 Å². The highest BCUT2D eigenvalue weighted by atomic mass is 79.9. The molecule has 1 aromatic rings. The number of allylic oxidation sites excluding steroid dienone is 1. The number of hydrogen-bond donors (Lipinski definition) is 0. The molecule has 4 heteroatoms. The van der Waals surface area contributed by atoms with E-state index in [1.165, 1.54) is 7.11 Å². The second-order valence-corrected chi connectivity index (χ2v) is 3.98. The average molecular weight is 299 g/mol. The van der Waals surface area contributed by atoms with Crippen LogP contribution >= 0.6 is 15.9 Å². The Kier molecular flexibility index (Phi) is 6.40. The van der Waals surface area contributed by atoms with E-state index in [4.69, 9.17) is 4.74 Å². The Labute approximate surface area is 110 Å². The topological polar surface area (TPSA) is 35.5 Å². The highest BCUT2D eigenvalue weighted by molar-refractivity contribution is 9.09. The van der Waals surface area contributed by atoms with Gasteiger partial charge in [-0.1, -0.05) is 40.2 Å². The molecule has 0 spiro atoms. The lowest BCUT2D eigenvalue weighted by atomic mass is 10.1. The molecule has 0 aliphatic carbocycles. The van der Waals surface area contributed by atoms with Crippen molar-refractivity contribution in [3.8, 4) is 5.75 Å². The van der Waals surface area contributed by atoms with Crippen molar-refractivity contribution in [1.82, 2.24) is 0 Å². The molecule has 17 heavy (non-hydrogen) atoms. The molecule has 0 heterocycles. The highest BCUT2D eigenvalue weighted by Gasteiger charge is 2.02. The van der Waals surface area contributed by atoms with E-state index in [2.05, 4.69) is 20.7 Å². The van der Waals surface area contributed by atoms with Gasteiger partial charge in [0.15, 0.2) is 0 Å². The van der Waals surface area contributed by atoms with Crippen LogP contribution in [0.4, 0.5) is 0 Å². The van der Waals surface area contributed by atoms with E-state index in [0.717, 1.165) is 16.6 Å². The van der Waals surface area contributed by atoms with E-state index in [0.29, 0.717) is 13.0 Å². The van der Waals surface area contributed by atoms with Crippen molar-refractivity contribution in [3.05, 3.63) is 42.0 Å². The van der Waals surface area contributed by atoms with Gasteiger partial charge in [-0.2, -0.15) is 0 Å². The Morgan fingerprint density at radius 3 is 2.59 bits per heavy atom. The molecule has 92 valence electrons. The lowest BCUT2D eigenvalue weighted by molar-refractivity contribution is -0.139. The number of ether oxygens (including phenoxy) is 2. The number of carbonyl (C=O) groups excluding carboxylic acids is 1. The van der Waals surface area contributed by atoms with Crippen molar-refractivity contribution >= 4 is 21.9 Å². The molecule has 0 unspecified atom stereocenters. The second-order valence-electron chi connectivity index (χ2n) is 3.33. The molecule has 0 aliphatic heterocycles. The van der Waals surface area contributed by atoms with Gasteiger partial charge >= 0.3 is 5.97 Å². The molecule has 0 N–H and O–H groups in total. The third-order valence-electron chi connectivity index (χ3n) is 2.10. The molecule has 1 aromatic carbocycles. The first-order valence-electron chi connectivity index (χ1n) is 5.25. The van der Waals surface area contributed by atoms with Gasteiger partial charge in [-0.15, -0.1) is 0 Å². The van der Waals surface area contributed by atoms with Crippen LogP contribution in [0.25, 0.3) is 0 Å². The van der Waals surface area contributed by atoms with Gasteiger partial charge in [0.05, 0.1) is 13.5 Å². The Hall–Kier alpha value is -1.29. The van der Waals surface area contributed by atoms with Gasteiger partial charge in [0.25, 0.3) is 0 Å². The zero-order valence-corrected chi connectivity index (χ0v) is 11.3. The summed E-state index contributed by atoms with van der Waals surface area (Å²) in [4.78, 5) is 11.0.